The van der Waals surface area contributed by atoms with Crippen LogP contribution >= 0.6 is 0 Å². The van der Waals surface area contributed by atoms with E-state index in [9.17, 15) is 19.7 Å². The van der Waals surface area contributed by atoms with Crippen molar-refractivity contribution in [1.29, 1.82) is 0 Å². The fourth-order valence-electron chi connectivity index (χ4n) is 1.13. The topological polar surface area (TPSA) is 95.7 Å². The van der Waals surface area contributed by atoms with Gasteiger partial charge in [0.2, 0.25) is 0 Å². The highest BCUT2D eigenvalue weighted by Gasteiger charge is 2.44. The molecule has 0 N–H and O–H groups in total. The Labute approximate surface area is 117 Å². The van der Waals surface area contributed by atoms with Crippen molar-refractivity contribution < 1.29 is 24.0 Å². The van der Waals surface area contributed by atoms with E-state index in [1.807, 2.05) is 0 Å². The van der Waals surface area contributed by atoms with E-state index in [0.29, 0.717) is 0 Å². The van der Waals surface area contributed by atoms with Crippen LogP contribution in [0.4, 0.5) is 0 Å². The summed E-state index contributed by atoms with van der Waals surface area (Å²) in [6, 6.07) is 0. The monoisotopic (exact) mass is 285 g/mol. The summed E-state index contributed by atoms with van der Waals surface area (Å²) in [5, 5.41) is 11.2. The first-order valence-electron chi connectivity index (χ1n) is 5.96. The molecule has 0 saturated carbocycles. The molecule has 0 spiro atoms. The van der Waals surface area contributed by atoms with Crippen molar-refractivity contribution in [2.75, 3.05) is 13.2 Å². The summed E-state index contributed by atoms with van der Waals surface area (Å²) in [5.74, 6) is -1.45. The van der Waals surface area contributed by atoms with E-state index in [2.05, 4.69) is 13.2 Å². The summed E-state index contributed by atoms with van der Waals surface area (Å²) in [5.41, 5.74) is -1.40. The molecule has 0 bridgehead atoms. The molecule has 20 heavy (non-hydrogen) atoms. The second kappa shape index (κ2) is 7.42. The van der Waals surface area contributed by atoms with Gasteiger partial charge in [-0.1, -0.05) is 20.1 Å². The summed E-state index contributed by atoms with van der Waals surface area (Å²) in [7, 11) is 0. The molecule has 0 saturated heterocycles. The van der Waals surface area contributed by atoms with Crippen LogP contribution in [0.5, 0.6) is 0 Å². The Morgan fingerprint density at radius 3 is 1.65 bits per heavy atom. The molecular weight excluding hydrogens is 266 g/mol. The fraction of sp³-hybridized carbons (Fsp3) is 0.538. The molecule has 0 rings (SSSR count). The number of nitrogens with zero attached hydrogens (tertiary/aromatic N) is 1. The Kier molecular flexibility index (Phi) is 6.61. The third-order valence-corrected chi connectivity index (χ3v) is 2.69. The number of hydrogen-bond acceptors (Lipinski definition) is 6. The van der Waals surface area contributed by atoms with Crippen LogP contribution in [0.3, 0.4) is 0 Å². The Bertz CT molecular complexity index is 410. The van der Waals surface area contributed by atoms with E-state index in [-0.39, 0.29) is 17.6 Å². The van der Waals surface area contributed by atoms with Crippen LogP contribution in [-0.4, -0.2) is 35.6 Å². The lowest BCUT2D eigenvalue weighted by Crippen LogP contribution is -2.48. The van der Waals surface area contributed by atoms with E-state index in [1.165, 1.54) is 13.8 Å². The zero-order valence-corrected chi connectivity index (χ0v) is 11.9. The molecule has 0 aromatic carbocycles. The molecule has 7 nitrogen and oxygen atoms in total. The Morgan fingerprint density at radius 2 is 1.45 bits per heavy atom. The minimum atomic E-state index is -1.67. The quantitative estimate of drug-likeness (QED) is 0.291. The van der Waals surface area contributed by atoms with Gasteiger partial charge in [0.1, 0.15) is 0 Å². The lowest BCUT2D eigenvalue weighted by molar-refractivity contribution is -0.577. The lowest BCUT2D eigenvalue weighted by atomic mass is 9.99. The van der Waals surface area contributed by atoms with Gasteiger partial charge in [-0.05, 0) is 13.8 Å². The van der Waals surface area contributed by atoms with Crippen LogP contribution in [0.15, 0.2) is 24.3 Å². The fourth-order valence-corrected chi connectivity index (χ4v) is 1.13. The molecule has 112 valence electrons. The number of carbonyl (C=O) groups excluding carboxylic acids is 2. The molecule has 0 fully saturated rings. The third kappa shape index (κ3) is 4.83. The maximum atomic E-state index is 11.3. The maximum Gasteiger partial charge on any atom is 0.333 e. The standard InChI is InChI=1S/C13H19NO6/c1-6-13(14(17)18,7-19-11(15)9(2)3)8-20-12(16)10(4)5/h2,4,6-8H2,1,3,5H3. The van der Waals surface area contributed by atoms with Crippen LogP contribution in [0.1, 0.15) is 27.2 Å². The highest BCUT2D eigenvalue weighted by Crippen LogP contribution is 2.18. The highest BCUT2D eigenvalue weighted by atomic mass is 16.6. The van der Waals surface area contributed by atoms with E-state index in [1.54, 1.807) is 6.92 Å². The number of esters is 2. The summed E-state index contributed by atoms with van der Waals surface area (Å²) in [4.78, 5) is 33.2. The van der Waals surface area contributed by atoms with Crippen LogP contribution in [0, 0.1) is 10.1 Å². The van der Waals surface area contributed by atoms with Crippen LogP contribution in [-0.2, 0) is 19.1 Å². The molecule has 0 aromatic heterocycles. The van der Waals surface area contributed by atoms with Gasteiger partial charge in [-0.3, -0.25) is 10.1 Å². The Morgan fingerprint density at radius 1 is 1.10 bits per heavy atom. The molecule has 0 aliphatic heterocycles. The first-order chi connectivity index (χ1) is 9.16. The van der Waals surface area contributed by atoms with Crippen molar-refractivity contribution in [1.82, 2.24) is 0 Å². The zero-order valence-electron chi connectivity index (χ0n) is 11.9. The average molecular weight is 285 g/mol. The minimum Gasteiger partial charge on any atom is -0.455 e. The number of nitro groups is 1. The second-order valence-electron chi connectivity index (χ2n) is 4.55. The highest BCUT2D eigenvalue weighted by molar-refractivity contribution is 5.87. The average Bonchev–Trinajstić information content (AvgIpc) is 2.37. The van der Waals surface area contributed by atoms with Gasteiger partial charge in [0.25, 0.3) is 5.54 Å². The summed E-state index contributed by atoms with van der Waals surface area (Å²) in [6.07, 6.45) is 0.0347. The first-order valence-corrected chi connectivity index (χ1v) is 5.96. The van der Waals surface area contributed by atoms with E-state index < -0.39 is 35.6 Å². The van der Waals surface area contributed by atoms with Crippen LogP contribution in [0.2, 0.25) is 0 Å². The van der Waals surface area contributed by atoms with Crippen molar-refractivity contribution in [3.63, 3.8) is 0 Å². The third-order valence-electron chi connectivity index (χ3n) is 2.69. The van der Waals surface area contributed by atoms with Crippen molar-refractivity contribution in [3.8, 4) is 0 Å². The van der Waals surface area contributed by atoms with Gasteiger partial charge in [0, 0.05) is 22.5 Å². The summed E-state index contributed by atoms with van der Waals surface area (Å²) >= 11 is 0. The summed E-state index contributed by atoms with van der Waals surface area (Å²) < 4.78 is 9.64. The van der Waals surface area contributed by atoms with Gasteiger partial charge in [0.15, 0.2) is 13.2 Å². The molecule has 0 aliphatic rings. The van der Waals surface area contributed by atoms with Gasteiger partial charge < -0.3 is 9.47 Å². The molecule has 0 aromatic rings. The SMILES string of the molecule is C=C(C)C(=O)OCC(CC)(COC(=O)C(=C)C)[N+](=O)[O-]. The van der Waals surface area contributed by atoms with Gasteiger partial charge in [0.05, 0.1) is 0 Å². The van der Waals surface area contributed by atoms with Gasteiger partial charge in [-0.15, -0.1) is 0 Å². The number of hydrogen-bond donors (Lipinski definition) is 0. The lowest BCUT2D eigenvalue weighted by Gasteiger charge is -2.23. The van der Waals surface area contributed by atoms with E-state index >= 15 is 0 Å². The molecule has 0 aliphatic carbocycles. The smallest absolute Gasteiger partial charge is 0.333 e. The van der Waals surface area contributed by atoms with Crippen LogP contribution in [0.25, 0.3) is 0 Å². The normalized spacial score (nSPS) is 10.6. The van der Waals surface area contributed by atoms with Crippen molar-refractivity contribution >= 4 is 11.9 Å². The van der Waals surface area contributed by atoms with Crippen molar-refractivity contribution in [2.24, 2.45) is 0 Å². The second-order valence-corrected chi connectivity index (χ2v) is 4.55. The molecule has 0 unspecified atom stereocenters. The minimum absolute atomic E-state index is 0.0347. The molecular formula is C13H19NO6. The molecule has 0 heterocycles. The largest absolute Gasteiger partial charge is 0.455 e. The molecule has 0 radical (unpaired) electrons. The molecule has 7 heteroatoms. The molecule has 0 atom stereocenters. The number of carbonyl (C=O) groups is 2. The molecule has 0 amide bonds. The van der Waals surface area contributed by atoms with Crippen molar-refractivity contribution in [3.05, 3.63) is 34.4 Å². The maximum absolute atomic E-state index is 11.3. The summed E-state index contributed by atoms with van der Waals surface area (Å²) in [6.45, 7) is 10.2. The van der Waals surface area contributed by atoms with E-state index in [0.717, 1.165) is 0 Å². The number of ether oxygens (including phenoxy) is 2. The first kappa shape index (κ1) is 17.8. The van der Waals surface area contributed by atoms with Gasteiger partial charge in [-0.25, -0.2) is 9.59 Å². The Balaban J connectivity index is 4.88. The number of rotatable bonds is 8. The van der Waals surface area contributed by atoms with E-state index in [4.69, 9.17) is 9.47 Å². The zero-order chi connectivity index (χ0) is 15.9. The predicted molar refractivity (Wildman–Crippen MR) is 71.6 cm³/mol. The van der Waals surface area contributed by atoms with Gasteiger partial charge in [-0.2, -0.15) is 0 Å². The predicted octanol–water partition coefficient (Wildman–Crippen LogP) is 1.65. The Hall–Kier alpha value is -2.18. The van der Waals surface area contributed by atoms with Gasteiger partial charge >= 0.3 is 11.9 Å². The van der Waals surface area contributed by atoms with Crippen LogP contribution < -0.4 is 0 Å². The van der Waals surface area contributed by atoms with Crippen molar-refractivity contribution in [2.45, 2.75) is 32.7 Å².